The first-order chi connectivity index (χ1) is 7.39. The minimum Gasteiger partial charge on any atom is -0.492 e. The first-order valence-electron chi connectivity index (χ1n) is 5.61. The van der Waals surface area contributed by atoms with Gasteiger partial charge < -0.3 is 10.5 Å². The second-order valence-corrected chi connectivity index (χ2v) is 4.92. The smallest absolute Gasteiger partial charge is 0.137 e. The summed E-state index contributed by atoms with van der Waals surface area (Å²) in [6.45, 7) is 8.77. The van der Waals surface area contributed by atoms with Crippen LogP contribution in [-0.2, 0) is 5.54 Å². The highest BCUT2D eigenvalue weighted by Gasteiger charge is 2.25. The molecule has 1 aromatic carbocycles. The molecule has 1 aromatic rings. The third-order valence-electron chi connectivity index (χ3n) is 3.05. The van der Waals surface area contributed by atoms with Crippen LogP contribution in [0.25, 0.3) is 0 Å². The molecule has 3 heteroatoms. The monoisotopic (exact) mass is 241 g/mol. The van der Waals surface area contributed by atoms with Crippen LogP contribution in [0.5, 0.6) is 5.75 Å². The summed E-state index contributed by atoms with van der Waals surface area (Å²) in [6.07, 6.45) is 0. The fourth-order valence-electron chi connectivity index (χ4n) is 1.44. The lowest BCUT2D eigenvalue weighted by atomic mass is 9.83. The van der Waals surface area contributed by atoms with Crippen molar-refractivity contribution in [2.45, 2.75) is 33.2 Å². The van der Waals surface area contributed by atoms with Crippen molar-refractivity contribution in [1.82, 2.24) is 0 Å². The molecule has 0 saturated heterocycles. The number of hydrogen-bond acceptors (Lipinski definition) is 2. The second kappa shape index (κ2) is 5.07. The highest BCUT2D eigenvalue weighted by atomic mass is 35.5. The Kier molecular flexibility index (Phi) is 4.22. The Bertz CT molecular complexity index is 361. The molecule has 16 heavy (non-hydrogen) atoms. The zero-order valence-corrected chi connectivity index (χ0v) is 11.1. The Morgan fingerprint density at radius 3 is 2.50 bits per heavy atom. The van der Waals surface area contributed by atoms with E-state index in [4.69, 9.17) is 22.1 Å². The van der Waals surface area contributed by atoms with Gasteiger partial charge in [0.2, 0.25) is 0 Å². The fourth-order valence-corrected chi connectivity index (χ4v) is 1.68. The van der Waals surface area contributed by atoms with Crippen LogP contribution in [0.2, 0.25) is 5.02 Å². The lowest BCUT2D eigenvalue weighted by Gasteiger charge is -2.30. The summed E-state index contributed by atoms with van der Waals surface area (Å²) in [5, 5.41) is 0.622. The normalized spacial score (nSPS) is 14.9. The van der Waals surface area contributed by atoms with Gasteiger partial charge in [-0.15, -0.1) is 0 Å². The van der Waals surface area contributed by atoms with Crippen LogP contribution in [0.3, 0.4) is 0 Å². The number of halogens is 1. The zero-order chi connectivity index (χ0) is 12.3. The molecule has 0 saturated carbocycles. The Labute approximate surface area is 103 Å². The van der Waals surface area contributed by atoms with Crippen molar-refractivity contribution in [1.29, 1.82) is 0 Å². The summed E-state index contributed by atoms with van der Waals surface area (Å²) in [6, 6.07) is 5.76. The van der Waals surface area contributed by atoms with Crippen molar-refractivity contribution in [3.05, 3.63) is 28.8 Å². The predicted molar refractivity (Wildman–Crippen MR) is 69.0 cm³/mol. The van der Waals surface area contributed by atoms with Crippen molar-refractivity contribution in [2.75, 3.05) is 6.61 Å². The maximum atomic E-state index is 6.27. The van der Waals surface area contributed by atoms with Gasteiger partial charge in [-0.2, -0.15) is 0 Å². The maximum absolute atomic E-state index is 6.27. The number of ether oxygens (including phenoxy) is 1. The summed E-state index contributed by atoms with van der Waals surface area (Å²) in [4.78, 5) is 0. The van der Waals surface area contributed by atoms with Crippen LogP contribution in [0.4, 0.5) is 0 Å². The SMILES string of the molecule is CCOc1ccc(C(C)(N)C(C)C)cc1Cl. The lowest BCUT2D eigenvalue weighted by Crippen LogP contribution is -2.38. The van der Waals surface area contributed by atoms with Gasteiger partial charge in [0.25, 0.3) is 0 Å². The quantitative estimate of drug-likeness (QED) is 0.875. The highest BCUT2D eigenvalue weighted by Crippen LogP contribution is 2.32. The van der Waals surface area contributed by atoms with Gasteiger partial charge in [-0.25, -0.2) is 0 Å². The molecule has 90 valence electrons. The van der Waals surface area contributed by atoms with Gasteiger partial charge in [-0.1, -0.05) is 31.5 Å². The minimum absolute atomic E-state index is 0.349. The molecule has 2 N–H and O–H groups in total. The summed E-state index contributed by atoms with van der Waals surface area (Å²) in [5.74, 6) is 1.06. The standard InChI is InChI=1S/C13H20ClNO/c1-5-16-12-7-6-10(8-11(12)14)13(4,15)9(2)3/h6-9H,5,15H2,1-4H3. The Hall–Kier alpha value is -0.730. The number of nitrogens with two attached hydrogens (primary N) is 1. The van der Waals surface area contributed by atoms with Crippen molar-refractivity contribution < 1.29 is 4.74 Å². The van der Waals surface area contributed by atoms with E-state index in [9.17, 15) is 0 Å². The lowest BCUT2D eigenvalue weighted by molar-refractivity contribution is 0.336. The van der Waals surface area contributed by atoms with E-state index < -0.39 is 0 Å². The topological polar surface area (TPSA) is 35.2 Å². The average Bonchev–Trinajstić information content (AvgIpc) is 2.21. The van der Waals surface area contributed by atoms with E-state index in [1.807, 2.05) is 32.0 Å². The van der Waals surface area contributed by atoms with E-state index in [0.717, 1.165) is 5.56 Å². The van der Waals surface area contributed by atoms with Crippen molar-refractivity contribution in [3.8, 4) is 5.75 Å². The zero-order valence-electron chi connectivity index (χ0n) is 10.4. The van der Waals surface area contributed by atoms with Crippen LogP contribution >= 0.6 is 11.6 Å². The summed E-state index contributed by atoms with van der Waals surface area (Å²) in [5.41, 5.74) is 6.95. The molecule has 0 fully saturated rings. The van der Waals surface area contributed by atoms with Crippen LogP contribution in [-0.4, -0.2) is 6.61 Å². The molecule has 0 spiro atoms. The molecule has 1 unspecified atom stereocenters. The van der Waals surface area contributed by atoms with Gasteiger partial charge in [-0.05, 0) is 37.5 Å². The maximum Gasteiger partial charge on any atom is 0.137 e. The molecule has 1 atom stereocenters. The van der Waals surface area contributed by atoms with Gasteiger partial charge in [0.1, 0.15) is 5.75 Å². The third kappa shape index (κ3) is 2.69. The number of benzene rings is 1. The van der Waals surface area contributed by atoms with Crippen molar-refractivity contribution in [3.63, 3.8) is 0 Å². The fraction of sp³-hybridized carbons (Fsp3) is 0.538. The van der Waals surface area contributed by atoms with E-state index in [-0.39, 0.29) is 5.54 Å². The van der Waals surface area contributed by atoms with Crippen LogP contribution in [0, 0.1) is 5.92 Å². The number of hydrogen-bond donors (Lipinski definition) is 1. The molecule has 0 aliphatic carbocycles. The van der Waals surface area contributed by atoms with Crippen LogP contribution in [0.1, 0.15) is 33.3 Å². The van der Waals surface area contributed by atoms with E-state index in [1.165, 1.54) is 0 Å². The molecule has 2 nitrogen and oxygen atoms in total. The molecule has 0 aromatic heterocycles. The minimum atomic E-state index is -0.367. The van der Waals surface area contributed by atoms with Crippen LogP contribution < -0.4 is 10.5 Å². The van der Waals surface area contributed by atoms with E-state index in [2.05, 4.69) is 13.8 Å². The molecule has 0 radical (unpaired) electrons. The average molecular weight is 242 g/mol. The van der Waals surface area contributed by atoms with Gasteiger partial charge in [-0.3, -0.25) is 0 Å². The molecular weight excluding hydrogens is 222 g/mol. The Morgan fingerprint density at radius 2 is 2.06 bits per heavy atom. The first kappa shape index (κ1) is 13.3. The van der Waals surface area contributed by atoms with Gasteiger partial charge in [0, 0.05) is 5.54 Å². The van der Waals surface area contributed by atoms with Crippen molar-refractivity contribution >= 4 is 11.6 Å². The molecule has 0 heterocycles. The summed E-state index contributed by atoms with van der Waals surface area (Å²) in [7, 11) is 0. The highest BCUT2D eigenvalue weighted by molar-refractivity contribution is 6.32. The first-order valence-corrected chi connectivity index (χ1v) is 5.99. The molecule has 0 amide bonds. The van der Waals surface area contributed by atoms with Gasteiger partial charge in [0.05, 0.1) is 11.6 Å². The largest absolute Gasteiger partial charge is 0.492 e. The predicted octanol–water partition coefficient (Wildman–Crippen LogP) is 3.57. The summed E-state index contributed by atoms with van der Waals surface area (Å²) < 4.78 is 5.39. The molecule has 1 rings (SSSR count). The van der Waals surface area contributed by atoms with E-state index in [0.29, 0.717) is 23.3 Å². The third-order valence-corrected chi connectivity index (χ3v) is 3.35. The summed E-state index contributed by atoms with van der Waals surface area (Å²) >= 11 is 6.14. The van der Waals surface area contributed by atoms with Gasteiger partial charge >= 0.3 is 0 Å². The molecule has 0 bridgehead atoms. The molecular formula is C13H20ClNO. The van der Waals surface area contributed by atoms with Crippen LogP contribution in [0.15, 0.2) is 18.2 Å². The van der Waals surface area contributed by atoms with Crippen molar-refractivity contribution in [2.24, 2.45) is 11.7 Å². The Balaban J connectivity index is 3.05. The second-order valence-electron chi connectivity index (χ2n) is 4.52. The Morgan fingerprint density at radius 1 is 1.44 bits per heavy atom. The molecule has 0 aliphatic heterocycles. The van der Waals surface area contributed by atoms with E-state index >= 15 is 0 Å². The molecule has 0 aliphatic rings. The number of rotatable bonds is 4. The van der Waals surface area contributed by atoms with Gasteiger partial charge in [0.15, 0.2) is 0 Å². The van der Waals surface area contributed by atoms with E-state index in [1.54, 1.807) is 0 Å².